The molecule has 0 radical (unpaired) electrons. The topological polar surface area (TPSA) is 0 Å². The van der Waals surface area contributed by atoms with Gasteiger partial charge in [-0.25, -0.2) is 0 Å². The van der Waals surface area contributed by atoms with Gasteiger partial charge in [0.25, 0.3) is 0 Å². The van der Waals surface area contributed by atoms with Crippen molar-refractivity contribution in [3.8, 4) is 0 Å². The maximum absolute atomic E-state index is 2.41. The fourth-order valence-electron chi connectivity index (χ4n) is 4.14. The molecule has 0 aromatic rings. The molecule has 0 spiro atoms. The minimum atomic E-state index is 0.381. The minimum Gasteiger partial charge on any atom is -0.0617 e. The van der Waals surface area contributed by atoms with E-state index in [0.717, 1.165) is 11.8 Å². The van der Waals surface area contributed by atoms with E-state index in [4.69, 9.17) is 0 Å². The molecule has 0 aliphatic heterocycles. The van der Waals surface area contributed by atoms with E-state index in [1.165, 1.54) is 25.7 Å². The third kappa shape index (κ3) is 1.96. The minimum absolute atomic E-state index is 0.381. The Labute approximate surface area is 102 Å². The van der Waals surface area contributed by atoms with Crippen LogP contribution in [0.5, 0.6) is 0 Å². The smallest absolute Gasteiger partial charge is 0.0167 e. The van der Waals surface area contributed by atoms with Crippen molar-refractivity contribution < 1.29 is 0 Å². The number of rotatable bonds is 0. The van der Waals surface area contributed by atoms with E-state index in [1.54, 1.807) is 0 Å². The SMILES string of the molecule is CC(C)(C)C1=C(C(C)(C)C)C2CCC1CC2. The van der Waals surface area contributed by atoms with E-state index in [0.29, 0.717) is 10.8 Å². The Morgan fingerprint density at radius 1 is 0.625 bits per heavy atom. The van der Waals surface area contributed by atoms with Gasteiger partial charge in [-0.2, -0.15) is 0 Å². The van der Waals surface area contributed by atoms with Gasteiger partial charge in [-0.1, -0.05) is 52.7 Å². The Bertz CT molecular complexity index is 266. The van der Waals surface area contributed by atoms with E-state index in [2.05, 4.69) is 41.5 Å². The van der Waals surface area contributed by atoms with Gasteiger partial charge in [0.15, 0.2) is 0 Å². The molecular formula is C16H28. The molecule has 0 amide bonds. The molecule has 0 aromatic carbocycles. The van der Waals surface area contributed by atoms with Crippen molar-refractivity contribution in [2.24, 2.45) is 22.7 Å². The third-order valence-electron chi connectivity index (χ3n) is 4.45. The molecule has 0 unspecified atom stereocenters. The number of hydrogen-bond acceptors (Lipinski definition) is 0. The number of allylic oxidation sites excluding steroid dienone is 2. The van der Waals surface area contributed by atoms with Crippen LogP contribution in [0.4, 0.5) is 0 Å². The summed E-state index contributed by atoms with van der Waals surface area (Å²) >= 11 is 0. The first-order chi connectivity index (χ1) is 7.21. The zero-order chi connectivity index (χ0) is 12.1. The number of fused-ring (bicyclic) bond motifs is 2. The van der Waals surface area contributed by atoms with Crippen molar-refractivity contribution in [1.82, 2.24) is 0 Å². The van der Waals surface area contributed by atoms with Crippen molar-refractivity contribution >= 4 is 0 Å². The van der Waals surface area contributed by atoms with Crippen molar-refractivity contribution in [3.05, 3.63) is 11.1 Å². The highest BCUT2D eigenvalue weighted by atomic mass is 14.5. The lowest BCUT2D eigenvalue weighted by molar-refractivity contribution is 0.214. The fourth-order valence-corrected chi connectivity index (χ4v) is 4.14. The zero-order valence-corrected chi connectivity index (χ0v) is 12.0. The molecule has 3 rings (SSSR count). The Morgan fingerprint density at radius 2 is 0.875 bits per heavy atom. The van der Waals surface area contributed by atoms with E-state index >= 15 is 0 Å². The predicted octanol–water partition coefficient (Wildman–Crippen LogP) is 5.20. The molecule has 92 valence electrons. The van der Waals surface area contributed by atoms with E-state index < -0.39 is 0 Å². The monoisotopic (exact) mass is 220 g/mol. The van der Waals surface area contributed by atoms with Gasteiger partial charge in [0.05, 0.1) is 0 Å². The largest absolute Gasteiger partial charge is 0.0617 e. The molecule has 0 heterocycles. The van der Waals surface area contributed by atoms with Gasteiger partial charge in [-0.15, -0.1) is 0 Å². The fraction of sp³-hybridized carbons (Fsp3) is 0.875. The van der Waals surface area contributed by atoms with Crippen LogP contribution in [0.15, 0.2) is 11.1 Å². The summed E-state index contributed by atoms with van der Waals surface area (Å²) in [7, 11) is 0. The Balaban J connectivity index is 2.54. The van der Waals surface area contributed by atoms with Crippen LogP contribution in [0.3, 0.4) is 0 Å². The predicted molar refractivity (Wildman–Crippen MR) is 71.4 cm³/mol. The Hall–Kier alpha value is -0.260. The molecule has 0 nitrogen and oxygen atoms in total. The van der Waals surface area contributed by atoms with Crippen LogP contribution in [0.1, 0.15) is 67.2 Å². The quantitative estimate of drug-likeness (QED) is 0.492. The van der Waals surface area contributed by atoms with Crippen molar-refractivity contribution in [2.45, 2.75) is 67.2 Å². The van der Waals surface area contributed by atoms with Crippen molar-refractivity contribution in [1.29, 1.82) is 0 Å². The van der Waals surface area contributed by atoms with E-state index in [1.807, 2.05) is 11.1 Å². The first-order valence-electron chi connectivity index (χ1n) is 6.96. The van der Waals surface area contributed by atoms with Crippen LogP contribution in [0, 0.1) is 22.7 Å². The van der Waals surface area contributed by atoms with Gasteiger partial charge in [-0.05, 0) is 48.3 Å². The standard InChI is InChI=1S/C16H28/c1-15(2,3)13-11-7-9-12(10-8-11)14(13)16(4,5)6/h11-12H,7-10H2,1-6H3. The lowest BCUT2D eigenvalue weighted by Gasteiger charge is -2.49. The molecule has 0 saturated heterocycles. The maximum atomic E-state index is 2.41. The lowest BCUT2D eigenvalue weighted by Crippen LogP contribution is -2.36. The van der Waals surface area contributed by atoms with E-state index in [-0.39, 0.29) is 0 Å². The summed E-state index contributed by atoms with van der Waals surface area (Å²) in [6, 6.07) is 0. The van der Waals surface area contributed by atoms with Crippen LogP contribution in [0.25, 0.3) is 0 Å². The first-order valence-corrected chi connectivity index (χ1v) is 6.96. The molecule has 0 N–H and O–H groups in total. The molecule has 0 atom stereocenters. The molecule has 2 bridgehead atoms. The van der Waals surface area contributed by atoms with Gasteiger partial charge in [0.1, 0.15) is 0 Å². The van der Waals surface area contributed by atoms with Gasteiger partial charge >= 0.3 is 0 Å². The second-order valence-electron chi connectivity index (χ2n) is 7.88. The first kappa shape index (κ1) is 12.2. The van der Waals surface area contributed by atoms with Crippen LogP contribution in [0.2, 0.25) is 0 Å². The Kier molecular flexibility index (Phi) is 2.76. The van der Waals surface area contributed by atoms with Gasteiger partial charge in [-0.3, -0.25) is 0 Å². The molecule has 0 aromatic heterocycles. The van der Waals surface area contributed by atoms with Gasteiger partial charge in [0, 0.05) is 0 Å². The van der Waals surface area contributed by atoms with Crippen LogP contribution >= 0.6 is 0 Å². The highest BCUT2D eigenvalue weighted by molar-refractivity contribution is 5.33. The summed E-state index contributed by atoms with van der Waals surface area (Å²) in [6.07, 6.45) is 5.82. The normalized spacial score (nSPS) is 31.1. The average Bonchev–Trinajstić information content (AvgIpc) is 2.15. The molecule has 0 heteroatoms. The third-order valence-corrected chi connectivity index (χ3v) is 4.45. The molecule has 3 aliphatic rings. The van der Waals surface area contributed by atoms with E-state index in [9.17, 15) is 0 Å². The van der Waals surface area contributed by atoms with Gasteiger partial charge < -0.3 is 0 Å². The second-order valence-corrected chi connectivity index (χ2v) is 7.88. The van der Waals surface area contributed by atoms with Crippen molar-refractivity contribution in [3.63, 3.8) is 0 Å². The summed E-state index contributed by atoms with van der Waals surface area (Å²) < 4.78 is 0. The van der Waals surface area contributed by atoms with Gasteiger partial charge in [0.2, 0.25) is 0 Å². The second kappa shape index (κ2) is 3.62. The Morgan fingerprint density at radius 3 is 1.06 bits per heavy atom. The summed E-state index contributed by atoms with van der Waals surface area (Å²) in [5.41, 5.74) is 4.41. The van der Waals surface area contributed by atoms with Crippen LogP contribution in [-0.2, 0) is 0 Å². The summed E-state index contributed by atoms with van der Waals surface area (Å²) in [5, 5.41) is 0. The lowest BCUT2D eigenvalue weighted by atomic mass is 9.56. The summed E-state index contributed by atoms with van der Waals surface area (Å²) in [6.45, 7) is 14.5. The molecule has 1 fully saturated rings. The molecular weight excluding hydrogens is 192 g/mol. The molecule has 16 heavy (non-hydrogen) atoms. The molecule has 3 aliphatic carbocycles. The zero-order valence-electron chi connectivity index (χ0n) is 12.0. The average molecular weight is 220 g/mol. The maximum Gasteiger partial charge on any atom is -0.0167 e. The van der Waals surface area contributed by atoms with Crippen molar-refractivity contribution in [2.75, 3.05) is 0 Å². The number of hydrogen-bond donors (Lipinski definition) is 0. The van der Waals surface area contributed by atoms with Crippen LogP contribution in [-0.4, -0.2) is 0 Å². The highest BCUT2D eigenvalue weighted by Crippen LogP contribution is 2.55. The summed E-state index contributed by atoms with van der Waals surface area (Å²) in [5.74, 6) is 1.80. The highest BCUT2D eigenvalue weighted by Gasteiger charge is 2.42. The van der Waals surface area contributed by atoms with Crippen LogP contribution < -0.4 is 0 Å². The summed E-state index contributed by atoms with van der Waals surface area (Å²) in [4.78, 5) is 0. The molecule has 1 saturated carbocycles.